The lowest BCUT2D eigenvalue weighted by Gasteiger charge is -2.26. The molecule has 62 heavy (non-hydrogen) atoms. The van der Waals surface area contributed by atoms with Gasteiger partial charge in [0.15, 0.2) is 0 Å². The molecule has 0 fully saturated rings. The largest absolute Gasteiger partial charge is 0.310 e. The summed E-state index contributed by atoms with van der Waals surface area (Å²) in [6.45, 7) is 0. The quantitative estimate of drug-likeness (QED) is 0.150. The number of rotatable bonds is 7. The third kappa shape index (κ3) is 6.28. The smallest absolute Gasteiger partial charge is 0.0979 e. The van der Waals surface area contributed by atoms with Gasteiger partial charge in [0.1, 0.15) is 0 Å². The molecule has 0 bridgehead atoms. The van der Waals surface area contributed by atoms with Crippen molar-refractivity contribution in [2.45, 2.75) is 0 Å². The maximum atomic E-state index is 5.44. The Hall–Kier alpha value is -7.92. The first kappa shape index (κ1) is 36.0. The molecule has 0 amide bonds. The minimum atomic E-state index is 0.883. The number of fused-ring (bicyclic) bond motifs is 8. The topological polar surface area (TPSA) is 29.0 Å². The Morgan fingerprint density at radius 3 is 1.52 bits per heavy atom. The summed E-state index contributed by atoms with van der Waals surface area (Å²) in [5.41, 5.74) is 13.7. The summed E-state index contributed by atoms with van der Waals surface area (Å²) in [7, 11) is 0. The molecule has 12 aromatic rings. The molecule has 10 aromatic carbocycles. The number of thiophene rings is 1. The number of benzene rings is 10. The van der Waals surface area contributed by atoms with E-state index < -0.39 is 0 Å². The van der Waals surface area contributed by atoms with Gasteiger partial charge in [-0.1, -0.05) is 170 Å². The molecule has 2 heterocycles. The predicted octanol–water partition coefficient (Wildman–Crippen LogP) is 16.4. The van der Waals surface area contributed by atoms with Crippen LogP contribution in [0.25, 0.3) is 97.5 Å². The Bertz CT molecular complexity index is 3600. The molecule has 0 radical (unpaired) electrons. The maximum absolute atomic E-state index is 5.44. The van der Waals surface area contributed by atoms with Gasteiger partial charge in [-0.05, 0) is 93.0 Å². The molecule has 4 heteroatoms. The van der Waals surface area contributed by atoms with Gasteiger partial charge in [-0.2, -0.15) is 0 Å². The lowest BCUT2D eigenvalue weighted by molar-refractivity contribution is 1.29. The average Bonchev–Trinajstić information content (AvgIpc) is 3.72. The summed E-state index contributed by atoms with van der Waals surface area (Å²) in [5.74, 6) is 0. The zero-order chi connectivity index (χ0) is 41.0. The van der Waals surface area contributed by atoms with E-state index in [-0.39, 0.29) is 0 Å². The van der Waals surface area contributed by atoms with Crippen molar-refractivity contribution in [3.63, 3.8) is 0 Å². The highest BCUT2D eigenvalue weighted by atomic mass is 32.1. The van der Waals surface area contributed by atoms with Crippen molar-refractivity contribution >= 4 is 81.1 Å². The van der Waals surface area contributed by atoms with Gasteiger partial charge in [0.05, 0.1) is 22.4 Å². The fraction of sp³-hybridized carbons (Fsp3) is 0. The van der Waals surface area contributed by atoms with Crippen LogP contribution in [0.5, 0.6) is 0 Å². The van der Waals surface area contributed by atoms with Crippen LogP contribution in [0.15, 0.2) is 224 Å². The molecular formula is C58H37N3S. The van der Waals surface area contributed by atoms with Crippen LogP contribution < -0.4 is 4.90 Å². The van der Waals surface area contributed by atoms with Gasteiger partial charge >= 0.3 is 0 Å². The van der Waals surface area contributed by atoms with Crippen LogP contribution in [0, 0.1) is 0 Å². The molecule has 12 rings (SSSR count). The first-order chi connectivity index (χ1) is 30.7. The lowest BCUT2D eigenvalue weighted by Crippen LogP contribution is -2.09. The Balaban J connectivity index is 0.946. The van der Waals surface area contributed by atoms with E-state index in [4.69, 9.17) is 9.97 Å². The summed E-state index contributed by atoms with van der Waals surface area (Å²) in [6, 6.07) is 80.4. The number of hydrogen-bond acceptors (Lipinski definition) is 4. The van der Waals surface area contributed by atoms with E-state index in [0.717, 1.165) is 77.9 Å². The van der Waals surface area contributed by atoms with Gasteiger partial charge in [-0.3, -0.25) is 0 Å². The first-order valence-electron chi connectivity index (χ1n) is 21.0. The fourth-order valence-corrected chi connectivity index (χ4v) is 10.1. The van der Waals surface area contributed by atoms with Crippen molar-refractivity contribution < 1.29 is 0 Å². The molecule has 0 saturated heterocycles. The standard InChI is InChI=1S/C58H37N3S/c1-4-12-38(13-5-1)39-22-28-46(29-23-39)61(48-32-34-51-50-18-10-11-19-53(50)62-54(51)37-48)47-30-24-40(25-31-47)44-26-33-49-45(36-44)21-20-41-27-35-52-58(55(41)49)60-57(43-16-8-3-9-17-43)56(59-52)42-14-6-2-7-15-42/h1-37H. The molecular weight excluding hydrogens is 771 g/mol. The van der Waals surface area contributed by atoms with Crippen molar-refractivity contribution in [1.29, 1.82) is 0 Å². The highest BCUT2D eigenvalue weighted by Gasteiger charge is 2.18. The molecule has 0 aliphatic rings. The molecule has 0 aliphatic heterocycles. The Morgan fingerprint density at radius 2 is 0.823 bits per heavy atom. The van der Waals surface area contributed by atoms with Gasteiger partial charge in [0.25, 0.3) is 0 Å². The van der Waals surface area contributed by atoms with Gasteiger partial charge in [0, 0.05) is 53.7 Å². The molecule has 3 nitrogen and oxygen atoms in total. The van der Waals surface area contributed by atoms with Crippen LogP contribution in [-0.4, -0.2) is 9.97 Å². The van der Waals surface area contributed by atoms with E-state index >= 15 is 0 Å². The normalized spacial score (nSPS) is 11.5. The lowest BCUT2D eigenvalue weighted by atomic mass is 9.96. The Labute approximate surface area is 363 Å². The minimum absolute atomic E-state index is 0.883. The molecule has 0 unspecified atom stereocenters. The van der Waals surface area contributed by atoms with E-state index in [2.05, 4.69) is 217 Å². The van der Waals surface area contributed by atoms with E-state index in [1.54, 1.807) is 0 Å². The van der Waals surface area contributed by atoms with Gasteiger partial charge in [-0.25, -0.2) is 9.97 Å². The van der Waals surface area contributed by atoms with E-state index in [1.807, 2.05) is 23.5 Å². The Morgan fingerprint density at radius 1 is 0.323 bits per heavy atom. The van der Waals surface area contributed by atoms with E-state index in [1.165, 1.54) is 36.7 Å². The Kier molecular flexibility index (Phi) is 8.68. The van der Waals surface area contributed by atoms with Crippen molar-refractivity contribution in [3.05, 3.63) is 224 Å². The summed E-state index contributed by atoms with van der Waals surface area (Å²) < 4.78 is 2.59. The average molecular weight is 808 g/mol. The molecule has 0 spiro atoms. The third-order valence-corrected chi connectivity index (χ3v) is 13.2. The number of aromatic nitrogens is 2. The second kappa shape index (κ2) is 15.0. The summed E-state index contributed by atoms with van der Waals surface area (Å²) >= 11 is 1.85. The number of nitrogens with zero attached hydrogens (tertiary/aromatic N) is 3. The van der Waals surface area contributed by atoms with Crippen molar-refractivity contribution in [3.8, 4) is 44.8 Å². The van der Waals surface area contributed by atoms with Gasteiger partial charge in [-0.15, -0.1) is 11.3 Å². The van der Waals surface area contributed by atoms with Crippen LogP contribution in [0.2, 0.25) is 0 Å². The summed E-state index contributed by atoms with van der Waals surface area (Å²) in [5, 5.41) is 7.20. The second-order valence-electron chi connectivity index (χ2n) is 15.8. The molecule has 2 aromatic heterocycles. The molecule has 290 valence electrons. The monoisotopic (exact) mass is 807 g/mol. The summed E-state index contributed by atoms with van der Waals surface area (Å²) in [4.78, 5) is 13.1. The maximum Gasteiger partial charge on any atom is 0.0979 e. The third-order valence-electron chi connectivity index (χ3n) is 12.0. The van der Waals surface area contributed by atoms with Crippen LogP contribution >= 0.6 is 11.3 Å². The molecule has 0 N–H and O–H groups in total. The van der Waals surface area contributed by atoms with Crippen LogP contribution in [0.3, 0.4) is 0 Å². The molecule has 0 atom stereocenters. The van der Waals surface area contributed by atoms with Gasteiger partial charge < -0.3 is 4.90 Å². The predicted molar refractivity (Wildman–Crippen MR) is 264 cm³/mol. The van der Waals surface area contributed by atoms with Crippen molar-refractivity contribution in [2.24, 2.45) is 0 Å². The van der Waals surface area contributed by atoms with E-state index in [9.17, 15) is 0 Å². The number of anilines is 3. The van der Waals surface area contributed by atoms with Crippen LogP contribution in [0.1, 0.15) is 0 Å². The summed E-state index contributed by atoms with van der Waals surface area (Å²) in [6.07, 6.45) is 0. The highest BCUT2D eigenvalue weighted by Crippen LogP contribution is 2.42. The zero-order valence-corrected chi connectivity index (χ0v) is 34.4. The SMILES string of the molecule is c1ccc(-c2ccc(N(c3ccc(-c4ccc5c(ccc6ccc7nc(-c8ccccc8)c(-c8ccccc8)nc7c65)c4)cc3)c3ccc4c(c3)sc3ccccc34)cc2)cc1. The second-order valence-corrected chi connectivity index (χ2v) is 16.8. The van der Waals surface area contributed by atoms with Gasteiger partial charge in [0.2, 0.25) is 0 Å². The zero-order valence-electron chi connectivity index (χ0n) is 33.6. The van der Waals surface area contributed by atoms with Crippen LogP contribution in [0.4, 0.5) is 17.1 Å². The first-order valence-corrected chi connectivity index (χ1v) is 21.8. The number of hydrogen-bond donors (Lipinski definition) is 0. The van der Waals surface area contributed by atoms with Crippen molar-refractivity contribution in [1.82, 2.24) is 9.97 Å². The highest BCUT2D eigenvalue weighted by molar-refractivity contribution is 7.25. The molecule has 0 aliphatic carbocycles. The van der Waals surface area contributed by atoms with Crippen molar-refractivity contribution in [2.75, 3.05) is 4.90 Å². The molecule has 0 saturated carbocycles. The van der Waals surface area contributed by atoms with Crippen LogP contribution in [-0.2, 0) is 0 Å². The van der Waals surface area contributed by atoms with E-state index in [0.29, 0.717) is 0 Å². The minimum Gasteiger partial charge on any atom is -0.310 e. The fourth-order valence-electron chi connectivity index (χ4n) is 8.98.